The van der Waals surface area contributed by atoms with Crippen LogP contribution in [0.25, 0.3) is 0 Å². The van der Waals surface area contributed by atoms with Gasteiger partial charge in [-0.15, -0.1) is 0 Å². The molecule has 0 aromatic carbocycles. The van der Waals surface area contributed by atoms with E-state index in [4.69, 9.17) is 11.6 Å². The van der Waals surface area contributed by atoms with Crippen LogP contribution < -0.4 is 10.6 Å². The number of amides is 1. The first-order chi connectivity index (χ1) is 8.60. The van der Waals surface area contributed by atoms with Crippen LogP contribution in [0.4, 0.5) is 0 Å². The number of nitrogens with one attached hydrogen (secondary N) is 2. The van der Waals surface area contributed by atoms with Gasteiger partial charge in [0.15, 0.2) is 0 Å². The third kappa shape index (κ3) is 3.06. The first-order valence-corrected chi connectivity index (χ1v) is 6.78. The molecule has 4 nitrogen and oxygen atoms in total. The summed E-state index contributed by atoms with van der Waals surface area (Å²) in [7, 11) is 3.83. The molecule has 0 aliphatic heterocycles. The van der Waals surface area contributed by atoms with Crippen molar-refractivity contribution in [1.29, 1.82) is 0 Å². The summed E-state index contributed by atoms with van der Waals surface area (Å²) >= 11 is 5.88. The second-order valence-corrected chi connectivity index (χ2v) is 5.40. The fourth-order valence-corrected chi connectivity index (χ4v) is 2.79. The van der Waals surface area contributed by atoms with Gasteiger partial charge in [-0.2, -0.15) is 0 Å². The molecular formula is C13H20ClN3O. The van der Waals surface area contributed by atoms with Gasteiger partial charge in [-0.3, -0.25) is 4.79 Å². The molecule has 1 aromatic rings. The normalized spacial score (nSPS) is 23.9. The van der Waals surface area contributed by atoms with Gasteiger partial charge in [-0.1, -0.05) is 11.6 Å². The first kappa shape index (κ1) is 13.4. The van der Waals surface area contributed by atoms with E-state index < -0.39 is 0 Å². The summed E-state index contributed by atoms with van der Waals surface area (Å²) in [6.07, 6.45) is 6.06. The summed E-state index contributed by atoms with van der Waals surface area (Å²) in [6.45, 7) is 0. The highest BCUT2D eigenvalue weighted by atomic mass is 35.5. The quantitative estimate of drug-likeness (QED) is 0.881. The van der Waals surface area contributed by atoms with Gasteiger partial charge >= 0.3 is 0 Å². The van der Waals surface area contributed by atoms with E-state index >= 15 is 0 Å². The van der Waals surface area contributed by atoms with Gasteiger partial charge in [0.05, 0.1) is 5.02 Å². The number of aryl methyl sites for hydroxylation is 1. The topological polar surface area (TPSA) is 46.1 Å². The molecule has 0 unspecified atom stereocenters. The van der Waals surface area contributed by atoms with E-state index in [1.807, 2.05) is 14.1 Å². The van der Waals surface area contributed by atoms with E-state index in [0.717, 1.165) is 25.7 Å². The predicted molar refractivity (Wildman–Crippen MR) is 73.0 cm³/mol. The summed E-state index contributed by atoms with van der Waals surface area (Å²) in [5, 5.41) is 6.97. The molecule has 5 heteroatoms. The average Bonchev–Trinajstić information content (AvgIpc) is 2.69. The number of carbonyl (C=O) groups is 1. The van der Waals surface area contributed by atoms with Crippen molar-refractivity contribution in [2.75, 3.05) is 7.05 Å². The number of rotatable bonds is 3. The van der Waals surface area contributed by atoms with Gasteiger partial charge in [0.1, 0.15) is 5.69 Å². The molecule has 0 saturated heterocycles. The lowest BCUT2D eigenvalue weighted by Gasteiger charge is -2.28. The Labute approximate surface area is 113 Å². The summed E-state index contributed by atoms with van der Waals surface area (Å²) in [6, 6.07) is 2.59. The van der Waals surface area contributed by atoms with E-state index in [0.29, 0.717) is 16.8 Å². The molecule has 0 atom stereocenters. The molecule has 1 aliphatic carbocycles. The van der Waals surface area contributed by atoms with Gasteiger partial charge in [-0.25, -0.2) is 0 Å². The number of halogens is 1. The smallest absolute Gasteiger partial charge is 0.268 e. The zero-order chi connectivity index (χ0) is 13.1. The minimum absolute atomic E-state index is 0.0303. The molecule has 1 aromatic heterocycles. The lowest BCUT2D eigenvalue weighted by molar-refractivity contribution is 0.0916. The van der Waals surface area contributed by atoms with Crippen molar-refractivity contribution in [3.63, 3.8) is 0 Å². The molecule has 1 saturated carbocycles. The van der Waals surface area contributed by atoms with Crippen molar-refractivity contribution >= 4 is 17.5 Å². The van der Waals surface area contributed by atoms with Crippen LogP contribution in [0, 0.1) is 0 Å². The second kappa shape index (κ2) is 5.76. The summed E-state index contributed by atoms with van der Waals surface area (Å²) in [5.74, 6) is -0.0303. The van der Waals surface area contributed by atoms with Gasteiger partial charge in [0, 0.05) is 25.3 Å². The Hall–Kier alpha value is -1.00. The van der Waals surface area contributed by atoms with Crippen molar-refractivity contribution in [1.82, 2.24) is 15.2 Å². The Morgan fingerprint density at radius 1 is 1.33 bits per heavy atom. The Balaban J connectivity index is 1.90. The largest absolute Gasteiger partial charge is 0.348 e. The monoisotopic (exact) mass is 269 g/mol. The summed E-state index contributed by atoms with van der Waals surface area (Å²) in [5.41, 5.74) is 0.621. The van der Waals surface area contributed by atoms with Crippen molar-refractivity contribution in [2.24, 2.45) is 7.05 Å². The summed E-state index contributed by atoms with van der Waals surface area (Å²) in [4.78, 5) is 12.1. The number of hydrogen-bond donors (Lipinski definition) is 2. The fraction of sp³-hybridized carbons (Fsp3) is 0.615. The van der Waals surface area contributed by atoms with Gasteiger partial charge in [0.25, 0.3) is 5.91 Å². The zero-order valence-electron chi connectivity index (χ0n) is 10.9. The highest BCUT2D eigenvalue weighted by Crippen LogP contribution is 2.19. The zero-order valence-corrected chi connectivity index (χ0v) is 11.6. The maximum Gasteiger partial charge on any atom is 0.268 e. The molecule has 1 heterocycles. The third-order valence-corrected chi connectivity index (χ3v) is 3.88. The number of aromatic nitrogens is 1. The SMILES string of the molecule is CNC1CCC(NC(=O)c2cc(Cl)cn2C)CC1. The maximum absolute atomic E-state index is 12.1. The van der Waals surface area contributed by atoms with Crippen molar-refractivity contribution < 1.29 is 4.79 Å². The summed E-state index contributed by atoms with van der Waals surface area (Å²) < 4.78 is 1.76. The van der Waals surface area contributed by atoms with Gasteiger partial charge < -0.3 is 15.2 Å². The maximum atomic E-state index is 12.1. The molecule has 0 radical (unpaired) electrons. The minimum atomic E-state index is -0.0303. The van der Waals surface area contributed by atoms with Crippen LogP contribution in [0.2, 0.25) is 5.02 Å². The Morgan fingerprint density at radius 2 is 1.94 bits per heavy atom. The fourth-order valence-electron chi connectivity index (χ4n) is 2.54. The van der Waals surface area contributed by atoms with Crippen LogP contribution in [-0.2, 0) is 7.05 Å². The Kier molecular flexibility index (Phi) is 4.30. The van der Waals surface area contributed by atoms with E-state index in [-0.39, 0.29) is 11.9 Å². The van der Waals surface area contributed by atoms with E-state index in [1.165, 1.54) is 0 Å². The van der Waals surface area contributed by atoms with E-state index in [1.54, 1.807) is 16.8 Å². The Bertz CT molecular complexity index is 422. The third-order valence-electron chi connectivity index (χ3n) is 3.67. The van der Waals surface area contributed by atoms with Crippen LogP contribution in [0.3, 0.4) is 0 Å². The molecule has 2 rings (SSSR count). The highest BCUT2D eigenvalue weighted by Gasteiger charge is 2.22. The number of nitrogens with zero attached hydrogens (tertiary/aromatic N) is 1. The number of carbonyl (C=O) groups excluding carboxylic acids is 1. The van der Waals surface area contributed by atoms with Crippen molar-refractivity contribution in [2.45, 2.75) is 37.8 Å². The molecular weight excluding hydrogens is 250 g/mol. The first-order valence-electron chi connectivity index (χ1n) is 6.40. The average molecular weight is 270 g/mol. The molecule has 100 valence electrons. The molecule has 1 aliphatic rings. The van der Waals surface area contributed by atoms with Gasteiger partial charge in [-0.05, 0) is 38.8 Å². The van der Waals surface area contributed by atoms with Crippen molar-refractivity contribution in [3.05, 3.63) is 23.0 Å². The van der Waals surface area contributed by atoms with Gasteiger partial charge in [0.2, 0.25) is 0 Å². The van der Waals surface area contributed by atoms with E-state index in [2.05, 4.69) is 10.6 Å². The van der Waals surface area contributed by atoms with Crippen LogP contribution in [-0.4, -0.2) is 29.6 Å². The molecule has 1 amide bonds. The number of hydrogen-bond acceptors (Lipinski definition) is 2. The van der Waals surface area contributed by atoms with Crippen LogP contribution in [0.1, 0.15) is 36.2 Å². The minimum Gasteiger partial charge on any atom is -0.348 e. The predicted octanol–water partition coefficient (Wildman–Crippen LogP) is 1.94. The molecule has 0 bridgehead atoms. The van der Waals surface area contributed by atoms with E-state index in [9.17, 15) is 4.79 Å². The van der Waals surface area contributed by atoms with Crippen molar-refractivity contribution in [3.8, 4) is 0 Å². The lowest BCUT2D eigenvalue weighted by atomic mass is 9.91. The lowest BCUT2D eigenvalue weighted by Crippen LogP contribution is -2.41. The molecule has 1 fully saturated rings. The highest BCUT2D eigenvalue weighted by molar-refractivity contribution is 6.31. The Morgan fingerprint density at radius 3 is 2.44 bits per heavy atom. The van der Waals surface area contributed by atoms with Crippen LogP contribution in [0.5, 0.6) is 0 Å². The molecule has 2 N–H and O–H groups in total. The van der Waals surface area contributed by atoms with Crippen LogP contribution >= 0.6 is 11.6 Å². The molecule has 0 spiro atoms. The molecule has 18 heavy (non-hydrogen) atoms. The van der Waals surface area contributed by atoms with Crippen LogP contribution in [0.15, 0.2) is 12.3 Å². The standard InChI is InChI=1S/C13H20ClN3O/c1-15-10-3-5-11(6-4-10)16-13(18)12-7-9(14)8-17(12)2/h7-8,10-11,15H,3-6H2,1-2H3,(H,16,18). The second-order valence-electron chi connectivity index (χ2n) is 4.97.